The first-order chi connectivity index (χ1) is 10.1. The number of hydrogen-bond donors (Lipinski definition) is 2. The molecule has 21 heavy (non-hydrogen) atoms. The molecule has 0 radical (unpaired) electrons. The second kappa shape index (κ2) is 7.37. The van der Waals surface area contributed by atoms with Gasteiger partial charge < -0.3 is 10.6 Å². The van der Waals surface area contributed by atoms with Gasteiger partial charge in [-0.3, -0.25) is 10.1 Å². The Labute approximate surface area is 134 Å². The summed E-state index contributed by atoms with van der Waals surface area (Å²) in [6, 6.07) is 6.95. The number of thiophene rings is 1. The third-order valence-corrected chi connectivity index (χ3v) is 4.37. The van der Waals surface area contributed by atoms with Crippen LogP contribution in [0.4, 0.5) is 17.3 Å². The summed E-state index contributed by atoms with van der Waals surface area (Å²) in [7, 11) is 0. The second-order valence-corrected chi connectivity index (χ2v) is 6.81. The van der Waals surface area contributed by atoms with Crippen LogP contribution in [0.5, 0.6) is 0 Å². The van der Waals surface area contributed by atoms with Gasteiger partial charge in [-0.05, 0) is 41.4 Å². The van der Waals surface area contributed by atoms with Crippen molar-refractivity contribution in [3.8, 4) is 0 Å². The maximum absolute atomic E-state index is 10.9. The van der Waals surface area contributed by atoms with E-state index in [1.54, 1.807) is 11.3 Å². The van der Waals surface area contributed by atoms with Gasteiger partial charge in [0.15, 0.2) is 0 Å². The molecular formula is C13H15BrN4O2S. The van der Waals surface area contributed by atoms with Gasteiger partial charge in [0.05, 0.1) is 20.8 Å². The van der Waals surface area contributed by atoms with Gasteiger partial charge >= 0.3 is 0 Å². The fourth-order valence-corrected chi connectivity index (χ4v) is 3.27. The number of nitro groups is 1. The Morgan fingerprint density at radius 2 is 2.05 bits per heavy atom. The molecule has 112 valence electrons. The first kappa shape index (κ1) is 15.7. The summed E-state index contributed by atoms with van der Waals surface area (Å²) in [5, 5.41) is 17.1. The zero-order chi connectivity index (χ0) is 15.2. The summed E-state index contributed by atoms with van der Waals surface area (Å²) in [6.45, 7) is 3.26. The van der Waals surface area contributed by atoms with E-state index in [2.05, 4.69) is 37.6 Å². The highest BCUT2D eigenvalue weighted by Gasteiger charge is 2.10. The number of aromatic nitrogens is 1. The summed E-state index contributed by atoms with van der Waals surface area (Å²) in [5.41, 5.74) is 0.0299. The lowest BCUT2D eigenvalue weighted by Gasteiger charge is -2.08. The number of rotatable bonds is 7. The molecule has 0 aliphatic heterocycles. The molecule has 0 aliphatic rings. The molecule has 2 N–H and O–H groups in total. The van der Waals surface area contributed by atoms with E-state index in [9.17, 15) is 10.1 Å². The third kappa shape index (κ3) is 4.68. The van der Waals surface area contributed by atoms with Gasteiger partial charge in [0.2, 0.25) is 0 Å². The number of pyridine rings is 1. The van der Waals surface area contributed by atoms with Gasteiger partial charge in [-0.25, -0.2) is 4.98 Å². The molecule has 0 unspecified atom stereocenters. The Bertz CT molecular complexity index is 632. The highest BCUT2D eigenvalue weighted by Crippen LogP contribution is 2.23. The quantitative estimate of drug-likeness (QED) is 0.570. The molecule has 0 atom stereocenters. The molecule has 0 aromatic carbocycles. The van der Waals surface area contributed by atoms with Crippen LogP contribution < -0.4 is 10.6 Å². The van der Waals surface area contributed by atoms with Gasteiger partial charge in [0, 0.05) is 18.0 Å². The molecule has 8 heteroatoms. The fourth-order valence-electron chi connectivity index (χ4n) is 1.78. The van der Waals surface area contributed by atoms with Gasteiger partial charge in [0.1, 0.15) is 11.6 Å². The summed E-state index contributed by atoms with van der Waals surface area (Å²) in [6.07, 6.45) is 0.844. The van der Waals surface area contributed by atoms with Gasteiger partial charge in [-0.15, -0.1) is 11.3 Å². The van der Waals surface area contributed by atoms with Crippen molar-refractivity contribution in [2.24, 2.45) is 0 Å². The van der Waals surface area contributed by atoms with Crippen LogP contribution in [0, 0.1) is 10.1 Å². The number of anilines is 2. The Kier molecular flexibility index (Phi) is 5.51. The molecule has 0 saturated heterocycles. The zero-order valence-electron chi connectivity index (χ0n) is 11.4. The van der Waals surface area contributed by atoms with E-state index >= 15 is 0 Å². The second-order valence-electron chi connectivity index (χ2n) is 4.27. The van der Waals surface area contributed by atoms with Gasteiger partial charge in [0.25, 0.3) is 5.69 Å². The summed E-state index contributed by atoms with van der Waals surface area (Å²) in [5.74, 6) is 1.02. The SMILES string of the molecule is CCNc1cc([N+](=O)[O-])cc(NCCc2ccc(Br)s2)n1. The average molecular weight is 371 g/mol. The lowest BCUT2D eigenvalue weighted by molar-refractivity contribution is -0.384. The van der Waals surface area contributed by atoms with E-state index in [0.717, 1.165) is 10.2 Å². The molecule has 2 rings (SSSR count). The topological polar surface area (TPSA) is 80.1 Å². The molecule has 0 bridgehead atoms. The largest absolute Gasteiger partial charge is 0.370 e. The Morgan fingerprint density at radius 1 is 1.33 bits per heavy atom. The number of nitrogens with one attached hydrogen (secondary N) is 2. The smallest absolute Gasteiger partial charge is 0.276 e. The van der Waals surface area contributed by atoms with E-state index in [0.29, 0.717) is 24.7 Å². The molecule has 0 amide bonds. The standard InChI is InChI=1S/C13H15BrN4O2S/c1-2-15-12-7-9(18(19)20)8-13(17-12)16-6-5-10-3-4-11(14)21-10/h3-4,7-8H,2,5-6H2,1H3,(H2,15,16,17). The number of hydrogen-bond acceptors (Lipinski definition) is 6. The van der Waals surface area contributed by atoms with E-state index < -0.39 is 4.92 Å². The lowest BCUT2D eigenvalue weighted by Crippen LogP contribution is -2.08. The molecule has 0 fully saturated rings. The predicted octanol–water partition coefficient (Wildman–Crippen LogP) is 3.90. The van der Waals surface area contributed by atoms with Crippen LogP contribution in [0.15, 0.2) is 28.1 Å². The molecule has 0 saturated carbocycles. The normalized spacial score (nSPS) is 10.4. The maximum Gasteiger partial charge on any atom is 0.276 e. The minimum absolute atomic E-state index is 0.0299. The fraction of sp³-hybridized carbons (Fsp3) is 0.308. The van der Waals surface area contributed by atoms with Crippen LogP contribution in [0.2, 0.25) is 0 Å². The maximum atomic E-state index is 10.9. The molecular weight excluding hydrogens is 356 g/mol. The Hall–Kier alpha value is -1.67. The van der Waals surface area contributed by atoms with Crippen molar-refractivity contribution < 1.29 is 4.92 Å². The number of halogens is 1. The summed E-state index contributed by atoms with van der Waals surface area (Å²) >= 11 is 5.10. The molecule has 6 nitrogen and oxygen atoms in total. The lowest BCUT2D eigenvalue weighted by atomic mass is 10.3. The van der Waals surface area contributed by atoms with E-state index in [1.807, 2.05) is 13.0 Å². The van der Waals surface area contributed by atoms with Crippen LogP contribution in [-0.2, 0) is 6.42 Å². The van der Waals surface area contributed by atoms with E-state index in [4.69, 9.17) is 0 Å². The Balaban J connectivity index is 2.02. The third-order valence-electron chi connectivity index (χ3n) is 2.69. The van der Waals surface area contributed by atoms with Crippen molar-refractivity contribution in [2.75, 3.05) is 23.7 Å². The van der Waals surface area contributed by atoms with Crippen molar-refractivity contribution in [3.63, 3.8) is 0 Å². The molecule has 2 aromatic rings. The summed E-state index contributed by atoms with van der Waals surface area (Å²) < 4.78 is 1.10. The highest BCUT2D eigenvalue weighted by molar-refractivity contribution is 9.11. The molecule has 0 spiro atoms. The van der Waals surface area contributed by atoms with Gasteiger partial charge in [-0.1, -0.05) is 0 Å². The minimum atomic E-state index is -0.413. The molecule has 0 aliphatic carbocycles. The van der Waals surface area contributed by atoms with Crippen LogP contribution in [0.3, 0.4) is 0 Å². The first-order valence-corrected chi connectivity index (χ1v) is 8.08. The highest BCUT2D eigenvalue weighted by atomic mass is 79.9. The van der Waals surface area contributed by atoms with Crippen LogP contribution in [0.25, 0.3) is 0 Å². The van der Waals surface area contributed by atoms with Crippen molar-refractivity contribution in [1.29, 1.82) is 0 Å². The minimum Gasteiger partial charge on any atom is -0.370 e. The van der Waals surface area contributed by atoms with Crippen molar-refractivity contribution in [3.05, 3.63) is 43.0 Å². The van der Waals surface area contributed by atoms with E-state index in [1.165, 1.54) is 17.0 Å². The monoisotopic (exact) mass is 370 g/mol. The summed E-state index contributed by atoms with van der Waals surface area (Å²) in [4.78, 5) is 16.1. The predicted molar refractivity (Wildman–Crippen MR) is 89.3 cm³/mol. The van der Waals surface area contributed by atoms with Gasteiger partial charge in [-0.2, -0.15) is 0 Å². The van der Waals surface area contributed by atoms with Crippen molar-refractivity contribution in [1.82, 2.24) is 4.98 Å². The van der Waals surface area contributed by atoms with Crippen LogP contribution in [0.1, 0.15) is 11.8 Å². The van der Waals surface area contributed by atoms with E-state index in [-0.39, 0.29) is 5.69 Å². The van der Waals surface area contributed by atoms with Crippen LogP contribution >= 0.6 is 27.3 Å². The molecule has 2 heterocycles. The van der Waals surface area contributed by atoms with Crippen LogP contribution in [-0.4, -0.2) is 23.0 Å². The zero-order valence-corrected chi connectivity index (χ0v) is 13.8. The number of nitrogens with zero attached hydrogens (tertiary/aromatic N) is 2. The average Bonchev–Trinajstić information content (AvgIpc) is 2.84. The van der Waals surface area contributed by atoms with Crippen molar-refractivity contribution >= 4 is 44.6 Å². The Morgan fingerprint density at radius 3 is 2.62 bits per heavy atom. The molecule has 2 aromatic heterocycles. The van der Waals surface area contributed by atoms with Crippen molar-refractivity contribution in [2.45, 2.75) is 13.3 Å². The first-order valence-electron chi connectivity index (χ1n) is 6.47.